The molecule has 9 heteroatoms. The number of nitrogens with zero attached hydrogens (tertiary/aromatic N) is 2. The van der Waals surface area contributed by atoms with Crippen LogP contribution < -0.4 is 10.6 Å². The molecule has 0 aliphatic carbocycles. The Morgan fingerprint density at radius 2 is 1.97 bits per heavy atom. The number of nitrogens with one attached hydrogen (secondary N) is 2. The van der Waals surface area contributed by atoms with Gasteiger partial charge in [-0.1, -0.05) is 41.4 Å². The van der Waals surface area contributed by atoms with Gasteiger partial charge >= 0.3 is 0 Å². The van der Waals surface area contributed by atoms with Gasteiger partial charge in [-0.3, -0.25) is 9.59 Å². The van der Waals surface area contributed by atoms with Gasteiger partial charge in [0.1, 0.15) is 11.9 Å². The largest absolute Gasteiger partial charge is 0.378 e. The van der Waals surface area contributed by atoms with Crippen LogP contribution in [0.15, 0.2) is 42.5 Å². The Hall–Kier alpha value is -2.87. The minimum atomic E-state index is -0.772. The van der Waals surface area contributed by atoms with E-state index in [4.69, 9.17) is 27.9 Å². The highest BCUT2D eigenvalue weighted by molar-refractivity contribution is 6.31. The van der Waals surface area contributed by atoms with Crippen molar-refractivity contribution in [2.75, 3.05) is 17.7 Å². The van der Waals surface area contributed by atoms with E-state index in [1.165, 1.54) is 0 Å². The van der Waals surface area contributed by atoms with Crippen LogP contribution in [-0.4, -0.2) is 28.7 Å². The number of carbonyl (C=O) groups excluding carboxylic acids is 2. The number of hydrogen-bond donors (Lipinski definition) is 2. The van der Waals surface area contributed by atoms with Gasteiger partial charge in [0.25, 0.3) is 5.91 Å². The molecule has 0 fully saturated rings. The van der Waals surface area contributed by atoms with Gasteiger partial charge in [-0.15, -0.1) is 0 Å². The maximum atomic E-state index is 12.7. The quantitative estimate of drug-likeness (QED) is 0.553. The zero-order valence-corrected chi connectivity index (χ0v) is 18.4. The van der Waals surface area contributed by atoms with Gasteiger partial charge in [0.15, 0.2) is 0 Å². The molecule has 1 atom stereocenters. The molecule has 7 nitrogen and oxygen atoms in total. The van der Waals surface area contributed by atoms with Crippen molar-refractivity contribution in [3.63, 3.8) is 0 Å². The van der Waals surface area contributed by atoms with E-state index in [0.29, 0.717) is 27.2 Å². The second kappa shape index (κ2) is 8.70. The molecule has 1 unspecified atom stereocenters. The number of hydrogen-bond acceptors (Lipinski definition) is 4. The van der Waals surface area contributed by atoms with Crippen LogP contribution in [-0.2, 0) is 20.9 Å². The summed E-state index contributed by atoms with van der Waals surface area (Å²) in [7, 11) is 1.58. The van der Waals surface area contributed by atoms with Crippen LogP contribution in [0.2, 0.25) is 10.0 Å². The normalized spacial score (nSPS) is 15.0. The zero-order chi connectivity index (χ0) is 22.1. The molecule has 2 amide bonds. The van der Waals surface area contributed by atoms with E-state index in [9.17, 15) is 9.59 Å². The topological polar surface area (TPSA) is 85.2 Å². The summed E-state index contributed by atoms with van der Waals surface area (Å²) in [5.74, 6) is -0.0639. The molecule has 3 aromatic rings. The number of ether oxygens (including phenoxy) is 1. The van der Waals surface area contributed by atoms with Crippen LogP contribution >= 0.6 is 23.2 Å². The summed E-state index contributed by atoms with van der Waals surface area (Å²) in [6.07, 6.45) is -0.0705. The average molecular weight is 459 g/mol. The Kier molecular flexibility index (Phi) is 6.00. The first-order chi connectivity index (χ1) is 14.9. The fourth-order valence-electron chi connectivity index (χ4n) is 3.59. The van der Waals surface area contributed by atoms with Crippen LogP contribution in [0.3, 0.4) is 0 Å². The summed E-state index contributed by atoms with van der Waals surface area (Å²) >= 11 is 12.1. The van der Waals surface area contributed by atoms with E-state index in [1.54, 1.807) is 42.1 Å². The summed E-state index contributed by atoms with van der Waals surface area (Å²) in [4.78, 5) is 25.4. The third-order valence-corrected chi connectivity index (χ3v) is 5.82. The minimum absolute atomic E-state index is 0.0705. The van der Waals surface area contributed by atoms with Crippen molar-refractivity contribution in [1.82, 2.24) is 9.78 Å². The first-order valence-electron chi connectivity index (χ1n) is 9.61. The summed E-state index contributed by atoms with van der Waals surface area (Å²) in [5.41, 5.74) is 3.63. The molecule has 31 heavy (non-hydrogen) atoms. The molecule has 160 valence electrons. The lowest BCUT2D eigenvalue weighted by Gasteiger charge is -2.12. The third-order valence-electron chi connectivity index (χ3n) is 5.16. The first-order valence-corrected chi connectivity index (χ1v) is 10.4. The number of anilines is 2. The third kappa shape index (κ3) is 4.17. The van der Waals surface area contributed by atoms with Crippen LogP contribution in [0.5, 0.6) is 0 Å². The smallest absolute Gasteiger partial charge is 0.251 e. The molecule has 4 rings (SSSR count). The van der Waals surface area contributed by atoms with Crippen molar-refractivity contribution in [3.05, 3.63) is 63.8 Å². The van der Waals surface area contributed by atoms with Gasteiger partial charge in [-0.25, -0.2) is 4.68 Å². The monoisotopic (exact) mass is 458 g/mol. The molecule has 0 saturated heterocycles. The van der Waals surface area contributed by atoms with E-state index >= 15 is 0 Å². The van der Waals surface area contributed by atoms with Crippen LogP contribution in [0.1, 0.15) is 23.7 Å². The molecular formula is C22H20Cl2N4O3. The Bertz CT molecular complexity index is 1160. The summed E-state index contributed by atoms with van der Waals surface area (Å²) in [6, 6.07) is 11.8. The lowest BCUT2D eigenvalue weighted by molar-refractivity contribution is -0.123. The molecule has 0 spiro atoms. The number of halogens is 2. The summed E-state index contributed by atoms with van der Waals surface area (Å²) in [6.45, 7) is 2.08. The van der Waals surface area contributed by atoms with E-state index in [2.05, 4.69) is 15.7 Å². The van der Waals surface area contributed by atoms with E-state index < -0.39 is 6.04 Å². The fraction of sp³-hybridized carbons (Fsp3) is 0.227. The van der Waals surface area contributed by atoms with Crippen LogP contribution in [0, 0.1) is 6.92 Å². The fourth-order valence-corrected chi connectivity index (χ4v) is 3.89. The van der Waals surface area contributed by atoms with Gasteiger partial charge in [-0.05, 0) is 42.3 Å². The standard InChI is InChI=1S/C22H20Cl2N4O3/c1-12-15(24)4-3-5-16(12)25-19(29)10-18-22(30)26-21-20(13-6-8-14(23)9-7-13)17(11-31-2)27-28(18)21/h3-9,18H,10-11H2,1-2H3,(H,25,29)(H,26,30). The predicted octanol–water partition coefficient (Wildman–Crippen LogP) is 4.83. The second-order valence-electron chi connectivity index (χ2n) is 7.22. The highest BCUT2D eigenvalue weighted by Crippen LogP contribution is 2.39. The number of rotatable bonds is 6. The van der Waals surface area contributed by atoms with Crippen molar-refractivity contribution in [2.24, 2.45) is 0 Å². The molecule has 2 heterocycles. The van der Waals surface area contributed by atoms with E-state index in [0.717, 1.165) is 16.7 Å². The Morgan fingerprint density at radius 3 is 2.68 bits per heavy atom. The maximum Gasteiger partial charge on any atom is 0.251 e. The summed E-state index contributed by atoms with van der Waals surface area (Å²) < 4.78 is 6.85. The SMILES string of the molecule is COCc1nn2c(c1-c1ccc(Cl)cc1)NC(=O)C2CC(=O)Nc1cccc(Cl)c1C. The van der Waals surface area contributed by atoms with Gasteiger partial charge < -0.3 is 15.4 Å². The minimum Gasteiger partial charge on any atom is -0.378 e. The van der Waals surface area contributed by atoms with Crippen molar-refractivity contribution >= 4 is 46.5 Å². The molecule has 2 N–H and O–H groups in total. The molecule has 0 bridgehead atoms. The second-order valence-corrected chi connectivity index (χ2v) is 8.07. The molecule has 0 radical (unpaired) electrons. The van der Waals surface area contributed by atoms with Gasteiger partial charge in [0.2, 0.25) is 5.91 Å². The molecule has 2 aromatic carbocycles. The average Bonchev–Trinajstić information content (AvgIpc) is 3.22. The van der Waals surface area contributed by atoms with Crippen molar-refractivity contribution in [2.45, 2.75) is 26.0 Å². The van der Waals surface area contributed by atoms with E-state index in [-0.39, 0.29) is 24.8 Å². The summed E-state index contributed by atoms with van der Waals surface area (Å²) in [5, 5.41) is 11.4. The zero-order valence-electron chi connectivity index (χ0n) is 16.9. The highest BCUT2D eigenvalue weighted by atomic mass is 35.5. The van der Waals surface area contributed by atoms with Gasteiger partial charge in [-0.2, -0.15) is 5.10 Å². The van der Waals surface area contributed by atoms with Crippen LogP contribution in [0.25, 0.3) is 11.1 Å². The number of aromatic nitrogens is 2. The number of carbonyl (C=O) groups is 2. The molecular weight excluding hydrogens is 439 g/mol. The number of fused-ring (bicyclic) bond motifs is 1. The van der Waals surface area contributed by atoms with E-state index in [1.807, 2.05) is 19.1 Å². The Labute approximate surface area is 189 Å². The number of amides is 2. The molecule has 1 aromatic heterocycles. The van der Waals surface area contributed by atoms with Gasteiger partial charge in [0, 0.05) is 28.4 Å². The first kappa shape index (κ1) is 21.4. The van der Waals surface area contributed by atoms with Crippen LogP contribution in [0.4, 0.5) is 11.5 Å². The lowest BCUT2D eigenvalue weighted by atomic mass is 10.1. The number of methoxy groups -OCH3 is 1. The van der Waals surface area contributed by atoms with Crippen molar-refractivity contribution in [1.29, 1.82) is 0 Å². The molecule has 1 aliphatic heterocycles. The number of benzene rings is 2. The molecule has 1 aliphatic rings. The highest BCUT2D eigenvalue weighted by Gasteiger charge is 2.37. The molecule has 0 saturated carbocycles. The lowest BCUT2D eigenvalue weighted by Crippen LogP contribution is -2.24. The Morgan fingerprint density at radius 1 is 1.23 bits per heavy atom. The predicted molar refractivity (Wildman–Crippen MR) is 120 cm³/mol. The maximum absolute atomic E-state index is 12.7. The van der Waals surface area contributed by atoms with Crippen molar-refractivity contribution in [3.8, 4) is 11.1 Å². The van der Waals surface area contributed by atoms with Gasteiger partial charge in [0.05, 0.1) is 18.7 Å². The van der Waals surface area contributed by atoms with Crippen molar-refractivity contribution < 1.29 is 14.3 Å². The Balaban J connectivity index is 1.63.